The lowest BCUT2D eigenvalue weighted by Crippen LogP contribution is -1.93. The molecule has 0 saturated carbocycles. The Morgan fingerprint density at radius 3 is 0.750 bits per heavy atom. The van der Waals surface area contributed by atoms with Gasteiger partial charge in [-0.15, -0.1) is 0 Å². The van der Waals surface area contributed by atoms with Gasteiger partial charge in [0.25, 0.3) is 0 Å². The minimum absolute atomic E-state index is 0.826. The van der Waals surface area contributed by atoms with E-state index in [0.29, 0.717) is 0 Å². The van der Waals surface area contributed by atoms with Crippen LogP contribution in [0.5, 0.6) is 0 Å². The second kappa shape index (κ2) is 13.4. The van der Waals surface area contributed by atoms with E-state index in [1.54, 1.807) is 0 Å². The van der Waals surface area contributed by atoms with E-state index >= 15 is 0 Å². The second-order valence-corrected chi connectivity index (χ2v) is 14.8. The van der Waals surface area contributed by atoms with E-state index in [-0.39, 0.29) is 0 Å². The van der Waals surface area contributed by atoms with Crippen molar-refractivity contribution in [2.75, 3.05) is 0 Å². The quantitative estimate of drug-likeness (QED) is 0.178. The van der Waals surface area contributed by atoms with Gasteiger partial charge < -0.3 is 9.97 Å². The molecule has 0 radical (unpaired) electrons. The molecule has 0 amide bonds. The molecular formula is C52H38N4. The summed E-state index contributed by atoms with van der Waals surface area (Å²) in [7, 11) is 0. The van der Waals surface area contributed by atoms with Crippen molar-refractivity contribution in [2.45, 2.75) is 25.7 Å². The van der Waals surface area contributed by atoms with E-state index in [0.717, 1.165) is 115 Å². The van der Waals surface area contributed by atoms with E-state index in [2.05, 4.69) is 180 Å². The summed E-state index contributed by atoms with van der Waals surface area (Å²) < 4.78 is 0. The smallest absolute Gasteiger partial charge is 0.0775 e. The fourth-order valence-electron chi connectivity index (χ4n) is 9.05. The molecule has 4 heteroatoms. The van der Waals surface area contributed by atoms with Gasteiger partial charge in [0, 0.05) is 44.3 Å². The summed E-state index contributed by atoms with van der Waals surface area (Å²) in [4.78, 5) is 19.5. The third-order valence-electron chi connectivity index (χ3n) is 11.6. The largest absolute Gasteiger partial charge is 0.354 e. The van der Waals surface area contributed by atoms with Crippen LogP contribution in [0, 0.1) is 0 Å². The Balaban J connectivity index is 1.39. The summed E-state index contributed by atoms with van der Waals surface area (Å²) in [6, 6.07) is 52.0. The lowest BCUT2D eigenvalue weighted by Gasteiger charge is -2.14. The minimum atomic E-state index is 0.826. The van der Waals surface area contributed by atoms with Crippen LogP contribution in [0.3, 0.4) is 0 Å². The van der Waals surface area contributed by atoms with Crippen molar-refractivity contribution in [1.29, 1.82) is 0 Å². The van der Waals surface area contributed by atoms with Gasteiger partial charge in [0.15, 0.2) is 0 Å². The summed E-state index contributed by atoms with van der Waals surface area (Å²) in [5, 5.41) is 0. The number of hydrogen-bond acceptors (Lipinski definition) is 2. The number of benzene rings is 4. The molecule has 3 aromatic heterocycles. The number of H-pyrrole nitrogens is 2. The molecule has 0 unspecified atom stereocenters. The number of hydrogen-bond donors (Lipinski definition) is 2. The summed E-state index contributed by atoms with van der Waals surface area (Å²) in [6.07, 6.45) is 12.5. The monoisotopic (exact) mass is 718 g/mol. The zero-order valence-corrected chi connectivity index (χ0v) is 30.9. The standard InChI is InChI=1S/C52H38N4/c1-5-17-33(18-6-1)45-41-29-30-42(53-41)46(34-19-7-2-8-20-34)51-39-27-15-16-28-40(39)52(56-51)48(36-23-11-4-12-24-36)44-32-31-43(54-44)47(35-21-9-3-10-22-35)50-38-26-14-13-25-37(38)49(45)55-50/h1-24,29-32,53-54H,25-28H2. The van der Waals surface area contributed by atoms with Crippen LogP contribution in [0.25, 0.3) is 88.9 Å². The lowest BCUT2D eigenvalue weighted by molar-refractivity contribution is 1.27. The second-order valence-electron chi connectivity index (χ2n) is 14.8. The molecule has 8 bridgehead atoms. The van der Waals surface area contributed by atoms with E-state index in [9.17, 15) is 0 Å². The number of aromatic nitrogens is 4. The summed E-state index contributed by atoms with van der Waals surface area (Å²) in [5.74, 6) is 0. The SMILES string of the molecule is C1=CCC2=C(C1)c1nc2c(-c2ccccc2)c2ccc([nH]2)c(-c2ccccc2)c2nc(c(-c3ccccc3)c3ccc([nH]3)c1-c1ccccc1)C1=C2CC=CC1. The highest BCUT2D eigenvalue weighted by molar-refractivity contribution is 6.08. The molecule has 4 aromatic carbocycles. The average molecular weight is 719 g/mol. The first-order valence-corrected chi connectivity index (χ1v) is 19.6. The van der Waals surface area contributed by atoms with Crippen LogP contribution in [0.2, 0.25) is 0 Å². The van der Waals surface area contributed by atoms with Gasteiger partial charge in [-0.3, -0.25) is 0 Å². The van der Waals surface area contributed by atoms with Crippen LogP contribution in [0.4, 0.5) is 0 Å². The van der Waals surface area contributed by atoms with Gasteiger partial charge in [0.05, 0.1) is 22.8 Å². The number of nitrogens with zero attached hydrogens (tertiary/aromatic N) is 2. The van der Waals surface area contributed by atoms with Crippen molar-refractivity contribution in [1.82, 2.24) is 19.9 Å². The van der Waals surface area contributed by atoms with Crippen LogP contribution in [0.15, 0.2) is 170 Å². The van der Waals surface area contributed by atoms with Gasteiger partial charge in [-0.05, 0) is 94.5 Å². The highest BCUT2D eigenvalue weighted by atomic mass is 14.8. The molecular weight excluding hydrogens is 681 g/mol. The first-order valence-electron chi connectivity index (χ1n) is 19.6. The number of nitrogens with one attached hydrogen (secondary N) is 2. The van der Waals surface area contributed by atoms with Crippen molar-refractivity contribution in [3.8, 4) is 44.5 Å². The Hall–Kier alpha value is -7.04. The van der Waals surface area contributed by atoms with Crippen molar-refractivity contribution in [3.63, 3.8) is 0 Å². The predicted molar refractivity (Wildman–Crippen MR) is 233 cm³/mol. The van der Waals surface area contributed by atoms with Crippen LogP contribution < -0.4 is 0 Å². The first kappa shape index (κ1) is 32.4. The normalized spacial score (nSPS) is 14.6. The Morgan fingerprint density at radius 1 is 0.286 bits per heavy atom. The molecule has 0 atom stereocenters. The fraction of sp³-hybridized carbons (Fsp3) is 0.0769. The average Bonchev–Trinajstić information content (AvgIpc) is 4.08. The molecule has 2 N–H and O–H groups in total. The Kier molecular flexibility index (Phi) is 7.73. The van der Waals surface area contributed by atoms with Gasteiger partial charge in [-0.25, -0.2) is 9.97 Å². The lowest BCUT2D eigenvalue weighted by atomic mass is 9.89. The molecule has 4 aliphatic rings. The maximum atomic E-state index is 5.74. The van der Waals surface area contributed by atoms with Crippen LogP contribution in [0.1, 0.15) is 48.5 Å². The van der Waals surface area contributed by atoms with E-state index in [4.69, 9.17) is 9.97 Å². The summed E-state index contributed by atoms with van der Waals surface area (Å²) in [6.45, 7) is 0. The van der Waals surface area contributed by atoms with Crippen LogP contribution >= 0.6 is 0 Å². The highest BCUT2D eigenvalue weighted by Gasteiger charge is 2.30. The summed E-state index contributed by atoms with van der Waals surface area (Å²) in [5.41, 5.74) is 22.3. The molecule has 5 heterocycles. The molecule has 56 heavy (non-hydrogen) atoms. The zero-order chi connectivity index (χ0) is 37.0. The van der Waals surface area contributed by atoms with Gasteiger partial charge in [-0.2, -0.15) is 0 Å². The molecule has 2 aliphatic carbocycles. The van der Waals surface area contributed by atoms with Crippen molar-refractivity contribution >= 4 is 44.4 Å². The Labute approximate surface area is 326 Å². The molecule has 4 nitrogen and oxygen atoms in total. The molecule has 11 rings (SSSR count). The predicted octanol–water partition coefficient (Wildman–Crippen LogP) is 13.5. The molecule has 0 saturated heterocycles. The zero-order valence-electron chi connectivity index (χ0n) is 30.9. The van der Waals surface area contributed by atoms with E-state index < -0.39 is 0 Å². The Morgan fingerprint density at radius 2 is 0.518 bits per heavy atom. The third kappa shape index (κ3) is 5.29. The third-order valence-corrected chi connectivity index (χ3v) is 11.6. The number of fused-ring (bicyclic) bond motifs is 12. The maximum Gasteiger partial charge on any atom is 0.0775 e. The van der Waals surface area contributed by atoms with Crippen LogP contribution in [-0.4, -0.2) is 19.9 Å². The Bertz CT molecular complexity index is 2580. The van der Waals surface area contributed by atoms with Gasteiger partial charge >= 0.3 is 0 Å². The van der Waals surface area contributed by atoms with Crippen molar-refractivity contribution in [3.05, 3.63) is 193 Å². The van der Waals surface area contributed by atoms with Gasteiger partial charge in [0.1, 0.15) is 0 Å². The van der Waals surface area contributed by atoms with Crippen LogP contribution in [-0.2, 0) is 0 Å². The minimum Gasteiger partial charge on any atom is -0.354 e. The first-order chi connectivity index (χ1) is 27.8. The van der Waals surface area contributed by atoms with Gasteiger partial charge in [-0.1, -0.05) is 146 Å². The van der Waals surface area contributed by atoms with Crippen molar-refractivity contribution in [2.24, 2.45) is 0 Å². The van der Waals surface area contributed by atoms with Crippen molar-refractivity contribution < 1.29 is 0 Å². The molecule has 7 aromatic rings. The molecule has 266 valence electrons. The topological polar surface area (TPSA) is 57.4 Å². The van der Waals surface area contributed by atoms with E-state index in [1.165, 1.54) is 22.3 Å². The fourth-order valence-corrected chi connectivity index (χ4v) is 9.05. The molecule has 2 aliphatic heterocycles. The summed E-state index contributed by atoms with van der Waals surface area (Å²) >= 11 is 0. The molecule has 0 spiro atoms. The highest BCUT2D eigenvalue weighted by Crippen LogP contribution is 2.49. The molecule has 0 fully saturated rings. The van der Waals surface area contributed by atoms with E-state index in [1.807, 2.05) is 0 Å². The number of aromatic amines is 2. The maximum absolute atomic E-state index is 5.74. The number of allylic oxidation sites excluding steroid dienone is 8. The number of rotatable bonds is 4. The van der Waals surface area contributed by atoms with Gasteiger partial charge in [0.2, 0.25) is 0 Å².